The highest BCUT2D eigenvalue weighted by Gasteiger charge is 2.13. The molecule has 1 N–H and O–H groups in total. The largest absolute Gasteiger partial charge is 0.484 e. The Bertz CT molecular complexity index is 1040. The highest BCUT2D eigenvalue weighted by Crippen LogP contribution is 2.23. The first-order chi connectivity index (χ1) is 15.1. The van der Waals surface area contributed by atoms with Gasteiger partial charge in [0.25, 0.3) is 5.91 Å². The number of piperidine rings is 1. The molecule has 1 aliphatic heterocycles. The van der Waals surface area contributed by atoms with Crippen molar-refractivity contribution in [3.63, 3.8) is 0 Å². The van der Waals surface area contributed by atoms with Crippen LogP contribution >= 0.6 is 0 Å². The Morgan fingerprint density at radius 3 is 2.55 bits per heavy atom. The second-order valence-corrected chi connectivity index (χ2v) is 7.99. The number of carbonyl (C=O) groups excluding carboxylic acids is 1. The van der Waals surface area contributed by atoms with Gasteiger partial charge >= 0.3 is 0 Å². The average molecular weight is 417 g/mol. The lowest BCUT2D eigenvalue weighted by Gasteiger charge is -2.27. The molecular weight excluding hydrogens is 388 g/mol. The zero-order valence-electron chi connectivity index (χ0n) is 18.1. The van der Waals surface area contributed by atoms with Crippen LogP contribution in [-0.2, 0) is 4.79 Å². The minimum absolute atomic E-state index is 0.0446. The Kier molecular flexibility index (Phi) is 6.46. The summed E-state index contributed by atoms with van der Waals surface area (Å²) in [6.45, 7) is 6.11. The first kappa shape index (κ1) is 20.8. The Labute approximate surface area is 183 Å². The zero-order valence-corrected chi connectivity index (χ0v) is 18.1. The molecule has 1 fully saturated rings. The molecule has 6 nitrogen and oxygen atoms in total. The molecule has 1 aromatic heterocycles. The summed E-state index contributed by atoms with van der Waals surface area (Å²) in [5.41, 5.74) is 4.72. The number of hydrogen-bond donors (Lipinski definition) is 1. The van der Waals surface area contributed by atoms with E-state index >= 15 is 0 Å². The lowest BCUT2D eigenvalue weighted by Crippen LogP contribution is -2.30. The van der Waals surface area contributed by atoms with Gasteiger partial charge in [0.1, 0.15) is 5.75 Å². The molecule has 2 aromatic carbocycles. The molecule has 1 saturated heterocycles. The van der Waals surface area contributed by atoms with Crippen LogP contribution in [0.5, 0.6) is 5.75 Å². The van der Waals surface area contributed by atoms with Gasteiger partial charge in [-0.25, -0.2) is 0 Å². The monoisotopic (exact) mass is 416 g/mol. The molecular formula is C25H28N4O2. The van der Waals surface area contributed by atoms with E-state index in [4.69, 9.17) is 4.74 Å². The van der Waals surface area contributed by atoms with Crippen LogP contribution in [0.25, 0.3) is 11.3 Å². The van der Waals surface area contributed by atoms with Crippen LogP contribution in [0.2, 0.25) is 0 Å². The van der Waals surface area contributed by atoms with E-state index in [-0.39, 0.29) is 12.5 Å². The van der Waals surface area contributed by atoms with Gasteiger partial charge in [-0.1, -0.05) is 18.2 Å². The molecule has 0 spiro atoms. The van der Waals surface area contributed by atoms with Gasteiger partial charge in [0.15, 0.2) is 12.4 Å². The first-order valence-electron chi connectivity index (χ1n) is 10.8. The van der Waals surface area contributed by atoms with Crippen molar-refractivity contribution < 1.29 is 9.53 Å². The predicted octanol–water partition coefficient (Wildman–Crippen LogP) is 4.77. The fourth-order valence-electron chi connectivity index (χ4n) is 3.68. The smallest absolute Gasteiger partial charge is 0.262 e. The summed E-state index contributed by atoms with van der Waals surface area (Å²) >= 11 is 0. The number of aromatic nitrogens is 2. The van der Waals surface area contributed by atoms with Gasteiger partial charge in [-0.15, -0.1) is 10.2 Å². The van der Waals surface area contributed by atoms with Crippen LogP contribution < -0.4 is 15.0 Å². The number of benzene rings is 2. The van der Waals surface area contributed by atoms with Gasteiger partial charge in [0.05, 0.1) is 5.69 Å². The molecule has 3 aromatic rings. The van der Waals surface area contributed by atoms with E-state index in [1.165, 1.54) is 24.8 Å². The SMILES string of the molecule is Cc1ccc(OCC(=O)Nc2cccc(-c3ccc(N4CCCCC4)nn3)c2)cc1C. The van der Waals surface area contributed by atoms with Crippen molar-refractivity contribution in [1.29, 1.82) is 0 Å². The highest BCUT2D eigenvalue weighted by atomic mass is 16.5. The molecule has 0 aliphatic carbocycles. The van der Waals surface area contributed by atoms with Crippen molar-refractivity contribution in [3.05, 3.63) is 65.7 Å². The molecule has 1 aliphatic rings. The molecule has 1 amide bonds. The molecule has 160 valence electrons. The average Bonchev–Trinajstić information content (AvgIpc) is 2.81. The van der Waals surface area contributed by atoms with Gasteiger partial charge in [-0.3, -0.25) is 4.79 Å². The molecule has 2 heterocycles. The number of ether oxygens (including phenoxy) is 1. The summed E-state index contributed by atoms with van der Waals surface area (Å²) in [6.07, 6.45) is 3.70. The van der Waals surface area contributed by atoms with E-state index in [0.717, 1.165) is 35.7 Å². The molecule has 0 radical (unpaired) electrons. The topological polar surface area (TPSA) is 67.3 Å². The van der Waals surface area contributed by atoms with E-state index < -0.39 is 0 Å². The number of carbonyl (C=O) groups is 1. The standard InChI is InChI=1S/C25H28N4O2/c1-18-9-10-22(15-19(18)2)31-17-25(30)26-21-8-6-7-20(16-21)23-11-12-24(28-27-23)29-13-4-3-5-14-29/h6-12,15-16H,3-5,13-14,17H2,1-2H3,(H,26,30). The quantitative estimate of drug-likeness (QED) is 0.627. The maximum Gasteiger partial charge on any atom is 0.262 e. The van der Waals surface area contributed by atoms with Crippen LogP contribution in [0.3, 0.4) is 0 Å². The molecule has 0 saturated carbocycles. The number of aryl methyl sites for hydroxylation is 2. The minimum Gasteiger partial charge on any atom is -0.484 e. The third-order valence-electron chi connectivity index (χ3n) is 5.62. The summed E-state index contributed by atoms with van der Waals surface area (Å²) in [6, 6.07) is 17.4. The van der Waals surface area contributed by atoms with Gasteiger partial charge in [0, 0.05) is 24.3 Å². The van der Waals surface area contributed by atoms with Gasteiger partial charge in [-0.2, -0.15) is 0 Å². The van der Waals surface area contributed by atoms with Crippen molar-refractivity contribution in [2.45, 2.75) is 33.1 Å². The van der Waals surface area contributed by atoms with E-state index in [1.807, 2.05) is 68.4 Å². The number of anilines is 2. The van der Waals surface area contributed by atoms with Crippen LogP contribution in [0.4, 0.5) is 11.5 Å². The normalized spacial score (nSPS) is 13.7. The predicted molar refractivity (Wildman–Crippen MR) is 124 cm³/mol. The third kappa shape index (κ3) is 5.40. The number of amides is 1. The summed E-state index contributed by atoms with van der Waals surface area (Å²) in [5, 5.41) is 11.7. The second-order valence-electron chi connectivity index (χ2n) is 7.99. The van der Waals surface area contributed by atoms with Crippen LogP contribution in [0.15, 0.2) is 54.6 Å². The zero-order chi connectivity index (χ0) is 21.6. The Balaban J connectivity index is 1.37. The van der Waals surface area contributed by atoms with Crippen molar-refractivity contribution in [3.8, 4) is 17.0 Å². The van der Waals surface area contributed by atoms with Crippen LogP contribution in [-0.4, -0.2) is 35.8 Å². The van der Waals surface area contributed by atoms with Crippen LogP contribution in [0.1, 0.15) is 30.4 Å². The maximum absolute atomic E-state index is 12.3. The number of rotatable bonds is 6. The van der Waals surface area contributed by atoms with E-state index in [1.54, 1.807) is 0 Å². The summed E-state index contributed by atoms with van der Waals surface area (Å²) in [7, 11) is 0. The van der Waals surface area contributed by atoms with Gasteiger partial charge in [0.2, 0.25) is 0 Å². The molecule has 0 unspecified atom stereocenters. The first-order valence-corrected chi connectivity index (χ1v) is 10.8. The second kappa shape index (κ2) is 9.60. The molecule has 0 bridgehead atoms. The van der Waals surface area contributed by atoms with E-state index in [9.17, 15) is 4.79 Å². The number of nitrogens with one attached hydrogen (secondary N) is 1. The van der Waals surface area contributed by atoms with E-state index in [2.05, 4.69) is 20.4 Å². The maximum atomic E-state index is 12.3. The number of nitrogens with zero attached hydrogens (tertiary/aromatic N) is 3. The Morgan fingerprint density at radius 2 is 1.81 bits per heavy atom. The summed E-state index contributed by atoms with van der Waals surface area (Å²) < 4.78 is 5.62. The van der Waals surface area contributed by atoms with Gasteiger partial charge < -0.3 is 15.0 Å². The van der Waals surface area contributed by atoms with Crippen molar-refractivity contribution in [2.75, 3.05) is 29.9 Å². The highest BCUT2D eigenvalue weighted by molar-refractivity contribution is 5.92. The van der Waals surface area contributed by atoms with Crippen molar-refractivity contribution in [1.82, 2.24) is 10.2 Å². The molecule has 6 heteroatoms. The van der Waals surface area contributed by atoms with Gasteiger partial charge in [-0.05, 0) is 80.6 Å². The van der Waals surface area contributed by atoms with Crippen molar-refractivity contribution >= 4 is 17.4 Å². The van der Waals surface area contributed by atoms with E-state index in [0.29, 0.717) is 11.4 Å². The molecule has 0 atom stereocenters. The Hall–Kier alpha value is -3.41. The fourth-order valence-corrected chi connectivity index (χ4v) is 3.68. The fraction of sp³-hybridized carbons (Fsp3) is 0.320. The van der Waals surface area contributed by atoms with Crippen molar-refractivity contribution in [2.24, 2.45) is 0 Å². The lowest BCUT2D eigenvalue weighted by atomic mass is 10.1. The summed E-state index contributed by atoms with van der Waals surface area (Å²) in [5.74, 6) is 1.41. The molecule has 4 rings (SSSR count). The summed E-state index contributed by atoms with van der Waals surface area (Å²) in [4.78, 5) is 14.6. The number of hydrogen-bond acceptors (Lipinski definition) is 5. The lowest BCUT2D eigenvalue weighted by molar-refractivity contribution is -0.118. The Morgan fingerprint density at radius 1 is 0.968 bits per heavy atom. The van der Waals surface area contributed by atoms with Crippen LogP contribution in [0, 0.1) is 13.8 Å². The minimum atomic E-state index is -0.207. The molecule has 31 heavy (non-hydrogen) atoms. The third-order valence-corrected chi connectivity index (χ3v) is 5.62.